The maximum atomic E-state index is 11.4. The van der Waals surface area contributed by atoms with Crippen LogP contribution in [0.4, 0.5) is 0 Å². The molecule has 0 unspecified atom stereocenters. The lowest BCUT2D eigenvalue weighted by Crippen LogP contribution is -2.30. The van der Waals surface area contributed by atoms with Crippen LogP contribution >= 0.6 is 11.8 Å². The molecule has 112 valence electrons. The Hall–Kier alpha value is -1.50. The summed E-state index contributed by atoms with van der Waals surface area (Å²) in [6, 6.07) is 0. The third kappa shape index (κ3) is 11.6. The summed E-state index contributed by atoms with van der Waals surface area (Å²) >= 11 is 0.912. The van der Waals surface area contributed by atoms with E-state index in [-0.39, 0.29) is 66.4 Å². The lowest BCUT2D eigenvalue weighted by atomic mass is 10.1. The Kier molecular flexibility index (Phi) is 9.53. The van der Waals surface area contributed by atoms with Crippen LogP contribution in [0.2, 0.25) is 0 Å². The number of hydrogen-bond donors (Lipinski definition) is 1. The second-order valence-corrected chi connectivity index (χ2v) is 5.49. The molecule has 0 rings (SSSR count). The molecule has 0 atom stereocenters. The minimum atomic E-state index is -0.387. The van der Waals surface area contributed by atoms with Crippen LogP contribution in [-0.2, 0) is 24.0 Å². The van der Waals surface area contributed by atoms with Gasteiger partial charge in [-0.2, -0.15) is 0 Å². The minimum Gasteiger partial charge on any atom is -0.349 e. The lowest BCUT2D eigenvalue weighted by Gasteiger charge is -2.04. The average molecular weight is 301 g/mol. The fourth-order valence-corrected chi connectivity index (χ4v) is 1.71. The predicted octanol–water partition coefficient (Wildman–Crippen LogP) is 0.670. The van der Waals surface area contributed by atoms with Crippen molar-refractivity contribution in [1.29, 1.82) is 0 Å². The number of carbonyl (C=O) groups is 5. The topological polar surface area (TPSA) is 97.4 Å². The van der Waals surface area contributed by atoms with Gasteiger partial charge in [-0.1, -0.05) is 11.8 Å². The second-order valence-electron chi connectivity index (χ2n) is 4.34. The highest BCUT2D eigenvalue weighted by atomic mass is 32.2. The van der Waals surface area contributed by atoms with Crippen molar-refractivity contribution in [3.8, 4) is 0 Å². The van der Waals surface area contributed by atoms with Gasteiger partial charge in [-0.15, -0.1) is 0 Å². The van der Waals surface area contributed by atoms with E-state index >= 15 is 0 Å². The molecule has 1 N–H and O–H groups in total. The molecule has 6 nitrogen and oxygen atoms in total. The monoisotopic (exact) mass is 301 g/mol. The van der Waals surface area contributed by atoms with Crippen LogP contribution < -0.4 is 5.32 Å². The summed E-state index contributed by atoms with van der Waals surface area (Å²) in [7, 11) is 0. The highest BCUT2D eigenvalue weighted by Gasteiger charge is 2.10. The molecule has 0 fully saturated rings. The molecule has 0 aliphatic heterocycles. The number of ketones is 3. The summed E-state index contributed by atoms with van der Waals surface area (Å²) in [5, 5.41) is 2.26. The van der Waals surface area contributed by atoms with Gasteiger partial charge in [0.05, 0.1) is 12.3 Å². The predicted molar refractivity (Wildman–Crippen MR) is 75.3 cm³/mol. The summed E-state index contributed by atoms with van der Waals surface area (Å²) in [4.78, 5) is 55.3. The van der Waals surface area contributed by atoms with Crippen LogP contribution in [0.15, 0.2) is 0 Å². The van der Waals surface area contributed by atoms with Crippen molar-refractivity contribution in [3.63, 3.8) is 0 Å². The van der Waals surface area contributed by atoms with E-state index in [2.05, 4.69) is 5.32 Å². The summed E-state index contributed by atoms with van der Waals surface area (Å²) in [6.07, 6.45) is 0.338. The Labute approximate surface area is 122 Å². The molecule has 0 aliphatic rings. The van der Waals surface area contributed by atoms with Gasteiger partial charge < -0.3 is 10.1 Å². The summed E-state index contributed by atoms with van der Waals surface area (Å²) in [6.45, 7) is 2.65. The maximum absolute atomic E-state index is 11.4. The van der Waals surface area contributed by atoms with Gasteiger partial charge in [0.1, 0.15) is 11.6 Å². The van der Waals surface area contributed by atoms with Crippen molar-refractivity contribution in [2.75, 3.05) is 12.3 Å². The molecule has 0 aromatic heterocycles. The number of carbonyl (C=O) groups excluding carboxylic acids is 5. The van der Waals surface area contributed by atoms with E-state index in [1.165, 1.54) is 13.8 Å². The molecular weight excluding hydrogens is 282 g/mol. The molecule has 0 radical (unpaired) electrons. The first-order chi connectivity index (χ1) is 9.31. The number of thioether (sulfide) groups is 1. The van der Waals surface area contributed by atoms with Gasteiger partial charge in [0.15, 0.2) is 10.9 Å². The van der Waals surface area contributed by atoms with Gasteiger partial charge in [-0.25, -0.2) is 0 Å². The van der Waals surface area contributed by atoms with Crippen LogP contribution in [0.3, 0.4) is 0 Å². The fourth-order valence-electron chi connectivity index (χ4n) is 1.20. The van der Waals surface area contributed by atoms with Crippen molar-refractivity contribution in [2.45, 2.75) is 39.5 Å². The van der Waals surface area contributed by atoms with Crippen molar-refractivity contribution in [1.82, 2.24) is 5.32 Å². The Bertz CT molecular complexity index is 370. The van der Waals surface area contributed by atoms with Gasteiger partial charge in [0.25, 0.3) is 0 Å². The quantitative estimate of drug-likeness (QED) is 0.637. The molecule has 0 spiro atoms. The zero-order valence-electron chi connectivity index (χ0n) is 11.7. The molecule has 20 heavy (non-hydrogen) atoms. The number of nitrogens with one attached hydrogen (secondary N) is 1. The van der Waals surface area contributed by atoms with Gasteiger partial charge in [-0.3, -0.25) is 19.2 Å². The first kappa shape index (κ1) is 18.5. The van der Waals surface area contributed by atoms with Crippen LogP contribution in [-0.4, -0.2) is 40.7 Å². The first-order valence-corrected chi connectivity index (χ1v) is 7.22. The van der Waals surface area contributed by atoms with Gasteiger partial charge in [0, 0.05) is 32.6 Å². The third-order valence-corrected chi connectivity index (χ3v) is 3.18. The summed E-state index contributed by atoms with van der Waals surface area (Å²) in [5.41, 5.74) is 0. The van der Waals surface area contributed by atoms with Crippen molar-refractivity contribution < 1.29 is 24.0 Å². The smallest absolute Gasteiger partial charge is 0.220 e. The van der Waals surface area contributed by atoms with Crippen molar-refractivity contribution in [3.05, 3.63) is 0 Å². The zero-order chi connectivity index (χ0) is 15.5. The molecule has 0 heterocycles. The van der Waals surface area contributed by atoms with E-state index in [0.29, 0.717) is 0 Å². The Balaban J connectivity index is 3.73. The van der Waals surface area contributed by atoms with E-state index in [1.807, 2.05) is 0 Å². The van der Waals surface area contributed by atoms with Gasteiger partial charge in [0.2, 0.25) is 5.91 Å². The molecule has 0 bridgehead atoms. The van der Waals surface area contributed by atoms with E-state index in [9.17, 15) is 24.0 Å². The van der Waals surface area contributed by atoms with Crippen molar-refractivity contribution in [2.24, 2.45) is 0 Å². The standard InChI is InChI=1S/C13H19NO5S/c1-9(15)3-4-11(17)7-14-13(19)6-5-12(18)8-20-10(2)16/h3-8H2,1-2H3,(H,14,19). The van der Waals surface area contributed by atoms with E-state index < -0.39 is 0 Å². The summed E-state index contributed by atoms with van der Waals surface area (Å²) < 4.78 is 0. The van der Waals surface area contributed by atoms with Gasteiger partial charge >= 0.3 is 0 Å². The fraction of sp³-hybridized carbons (Fsp3) is 0.615. The lowest BCUT2D eigenvalue weighted by molar-refractivity contribution is -0.127. The molecule has 7 heteroatoms. The Morgan fingerprint density at radius 1 is 0.850 bits per heavy atom. The molecule has 0 aromatic carbocycles. The normalized spacial score (nSPS) is 9.90. The highest BCUT2D eigenvalue weighted by molar-refractivity contribution is 8.14. The molecular formula is C13H19NO5S. The number of hydrogen-bond acceptors (Lipinski definition) is 6. The van der Waals surface area contributed by atoms with Crippen LogP contribution in [0.1, 0.15) is 39.5 Å². The van der Waals surface area contributed by atoms with Gasteiger partial charge in [-0.05, 0) is 6.92 Å². The third-order valence-electron chi connectivity index (χ3n) is 2.31. The SMILES string of the molecule is CC(=O)CCC(=O)CNC(=O)CCC(=O)CSC(C)=O. The number of Topliss-reactive ketones (excluding diaryl/α,β-unsaturated/α-hetero) is 3. The largest absolute Gasteiger partial charge is 0.349 e. The molecule has 0 saturated heterocycles. The van der Waals surface area contributed by atoms with E-state index in [1.54, 1.807) is 0 Å². The molecule has 0 aliphatic carbocycles. The maximum Gasteiger partial charge on any atom is 0.220 e. The first-order valence-electron chi connectivity index (χ1n) is 6.24. The van der Waals surface area contributed by atoms with Crippen LogP contribution in [0.5, 0.6) is 0 Å². The van der Waals surface area contributed by atoms with E-state index in [0.717, 1.165) is 11.8 Å². The average Bonchev–Trinajstić information content (AvgIpc) is 2.37. The van der Waals surface area contributed by atoms with Crippen molar-refractivity contribution >= 4 is 40.1 Å². The Morgan fingerprint density at radius 3 is 2.00 bits per heavy atom. The molecule has 1 amide bonds. The second kappa shape index (κ2) is 10.3. The number of rotatable bonds is 10. The number of amides is 1. The highest BCUT2D eigenvalue weighted by Crippen LogP contribution is 2.04. The minimum absolute atomic E-state index is 0.00269. The Morgan fingerprint density at radius 2 is 1.45 bits per heavy atom. The van der Waals surface area contributed by atoms with E-state index in [4.69, 9.17) is 0 Å². The molecule has 0 aromatic rings. The summed E-state index contributed by atoms with van der Waals surface area (Å²) in [5.74, 6) is -0.781. The zero-order valence-corrected chi connectivity index (χ0v) is 12.5. The molecule has 0 saturated carbocycles. The van der Waals surface area contributed by atoms with Crippen LogP contribution in [0, 0.1) is 0 Å². The van der Waals surface area contributed by atoms with Crippen LogP contribution in [0.25, 0.3) is 0 Å².